The number of carbonyl (C=O) groups excluding carboxylic acids is 1. The summed E-state index contributed by atoms with van der Waals surface area (Å²) in [5, 5.41) is 0. The standard InChI is InChI=1S/C19H24N2O2/c1-4-23-18(22)14(3)21-11-16-10-17(13(2)19(16,20)12-21)15-8-6-5-7-9-15/h5-10,14,16H,2,4,11-12,20H2,1,3H3. The number of esters is 1. The molecule has 2 N–H and O–H groups in total. The zero-order valence-electron chi connectivity index (χ0n) is 13.8. The van der Waals surface area contributed by atoms with Crippen LogP contribution in [0.1, 0.15) is 19.4 Å². The highest BCUT2D eigenvalue weighted by Crippen LogP contribution is 2.46. The van der Waals surface area contributed by atoms with Gasteiger partial charge in [-0.1, -0.05) is 43.0 Å². The number of likely N-dealkylation sites (tertiary alicyclic amines) is 1. The molecule has 2 aliphatic rings. The molecule has 1 aliphatic carbocycles. The molecule has 0 spiro atoms. The van der Waals surface area contributed by atoms with E-state index in [1.807, 2.05) is 32.0 Å². The van der Waals surface area contributed by atoms with Gasteiger partial charge in [-0.3, -0.25) is 9.69 Å². The monoisotopic (exact) mass is 312 g/mol. The minimum absolute atomic E-state index is 0.182. The molecule has 0 bridgehead atoms. The van der Waals surface area contributed by atoms with Gasteiger partial charge < -0.3 is 10.5 Å². The second-order valence-corrected chi connectivity index (χ2v) is 6.43. The zero-order valence-corrected chi connectivity index (χ0v) is 13.8. The third-order valence-corrected chi connectivity index (χ3v) is 5.07. The molecule has 0 aromatic heterocycles. The molecule has 1 fully saturated rings. The van der Waals surface area contributed by atoms with Crippen molar-refractivity contribution >= 4 is 11.5 Å². The Labute approximate surface area is 137 Å². The molecule has 1 saturated heterocycles. The highest BCUT2D eigenvalue weighted by Gasteiger charge is 2.51. The van der Waals surface area contributed by atoms with Crippen LogP contribution in [0.4, 0.5) is 0 Å². The van der Waals surface area contributed by atoms with Gasteiger partial charge in [0.25, 0.3) is 0 Å². The molecule has 1 aliphatic heterocycles. The van der Waals surface area contributed by atoms with Crippen molar-refractivity contribution in [2.24, 2.45) is 11.7 Å². The van der Waals surface area contributed by atoms with Gasteiger partial charge in [-0.2, -0.15) is 0 Å². The summed E-state index contributed by atoms with van der Waals surface area (Å²) in [4.78, 5) is 14.1. The van der Waals surface area contributed by atoms with Gasteiger partial charge in [0.1, 0.15) is 6.04 Å². The van der Waals surface area contributed by atoms with Crippen LogP contribution < -0.4 is 5.73 Å². The van der Waals surface area contributed by atoms with Crippen LogP contribution in [0.2, 0.25) is 0 Å². The first-order valence-corrected chi connectivity index (χ1v) is 8.14. The maximum Gasteiger partial charge on any atom is 0.323 e. The van der Waals surface area contributed by atoms with Gasteiger partial charge >= 0.3 is 5.97 Å². The number of ether oxygens (including phenoxy) is 1. The van der Waals surface area contributed by atoms with Crippen molar-refractivity contribution in [2.45, 2.75) is 25.4 Å². The maximum atomic E-state index is 12.0. The Hall–Kier alpha value is -1.91. The molecule has 1 heterocycles. The molecule has 4 heteroatoms. The lowest BCUT2D eigenvalue weighted by molar-refractivity contribution is -0.148. The largest absolute Gasteiger partial charge is 0.465 e. The lowest BCUT2D eigenvalue weighted by Crippen LogP contribution is -2.48. The lowest BCUT2D eigenvalue weighted by atomic mass is 9.86. The van der Waals surface area contributed by atoms with Crippen molar-refractivity contribution in [3.63, 3.8) is 0 Å². The number of rotatable bonds is 4. The molecule has 1 aromatic carbocycles. The Balaban J connectivity index is 1.81. The summed E-state index contributed by atoms with van der Waals surface area (Å²) < 4.78 is 5.13. The summed E-state index contributed by atoms with van der Waals surface area (Å²) in [7, 11) is 0. The van der Waals surface area contributed by atoms with E-state index in [-0.39, 0.29) is 17.9 Å². The van der Waals surface area contributed by atoms with E-state index in [2.05, 4.69) is 29.7 Å². The van der Waals surface area contributed by atoms with Crippen molar-refractivity contribution in [3.8, 4) is 0 Å². The predicted molar refractivity (Wildman–Crippen MR) is 91.6 cm³/mol. The molecule has 1 aromatic rings. The Bertz CT molecular complexity index is 653. The summed E-state index contributed by atoms with van der Waals surface area (Å²) >= 11 is 0. The summed E-state index contributed by atoms with van der Waals surface area (Å²) in [6.45, 7) is 9.76. The zero-order chi connectivity index (χ0) is 16.6. The number of carbonyl (C=O) groups is 1. The average Bonchev–Trinajstić information content (AvgIpc) is 3.01. The number of hydrogen-bond donors (Lipinski definition) is 1. The van der Waals surface area contributed by atoms with E-state index in [1.54, 1.807) is 0 Å². The minimum Gasteiger partial charge on any atom is -0.465 e. The number of fused-ring (bicyclic) bond motifs is 1. The fourth-order valence-electron chi connectivity index (χ4n) is 3.60. The third kappa shape index (κ3) is 2.62. The van der Waals surface area contributed by atoms with E-state index in [0.29, 0.717) is 13.2 Å². The van der Waals surface area contributed by atoms with Gasteiger partial charge in [-0.25, -0.2) is 0 Å². The molecule has 3 unspecified atom stereocenters. The van der Waals surface area contributed by atoms with Crippen LogP contribution in [-0.2, 0) is 9.53 Å². The Morgan fingerprint density at radius 2 is 2.17 bits per heavy atom. The quantitative estimate of drug-likeness (QED) is 0.866. The second kappa shape index (κ2) is 5.95. The van der Waals surface area contributed by atoms with E-state index >= 15 is 0 Å². The summed E-state index contributed by atoms with van der Waals surface area (Å²) in [6.07, 6.45) is 2.22. The highest BCUT2D eigenvalue weighted by molar-refractivity contribution is 5.85. The van der Waals surface area contributed by atoms with Crippen molar-refractivity contribution < 1.29 is 9.53 Å². The van der Waals surface area contributed by atoms with E-state index in [4.69, 9.17) is 10.5 Å². The van der Waals surface area contributed by atoms with Crippen molar-refractivity contribution in [3.05, 3.63) is 54.1 Å². The van der Waals surface area contributed by atoms with Crippen LogP contribution >= 0.6 is 0 Å². The topological polar surface area (TPSA) is 55.6 Å². The number of hydrogen-bond acceptors (Lipinski definition) is 4. The average molecular weight is 312 g/mol. The predicted octanol–water partition coefficient (Wildman–Crippen LogP) is 2.22. The van der Waals surface area contributed by atoms with Gasteiger partial charge in [-0.05, 0) is 30.6 Å². The molecular weight excluding hydrogens is 288 g/mol. The van der Waals surface area contributed by atoms with Crippen LogP contribution in [0.5, 0.6) is 0 Å². The summed E-state index contributed by atoms with van der Waals surface area (Å²) in [5.41, 5.74) is 9.46. The number of nitrogens with zero attached hydrogens (tertiary/aromatic N) is 1. The van der Waals surface area contributed by atoms with Gasteiger partial charge in [0.15, 0.2) is 0 Å². The molecule has 0 radical (unpaired) electrons. The van der Waals surface area contributed by atoms with Crippen LogP contribution in [0.15, 0.2) is 48.6 Å². The molecule has 0 amide bonds. The third-order valence-electron chi connectivity index (χ3n) is 5.07. The summed E-state index contributed by atoms with van der Waals surface area (Å²) in [5.74, 6) is -0.00368. The van der Waals surface area contributed by atoms with Gasteiger partial charge in [0.2, 0.25) is 0 Å². The molecule has 4 nitrogen and oxygen atoms in total. The molecular formula is C19H24N2O2. The fraction of sp³-hybridized carbons (Fsp3) is 0.421. The Morgan fingerprint density at radius 1 is 1.48 bits per heavy atom. The van der Waals surface area contributed by atoms with E-state index in [9.17, 15) is 4.79 Å². The van der Waals surface area contributed by atoms with Crippen molar-refractivity contribution in [1.82, 2.24) is 4.90 Å². The fourth-order valence-corrected chi connectivity index (χ4v) is 3.60. The minimum atomic E-state index is -0.494. The summed E-state index contributed by atoms with van der Waals surface area (Å²) in [6, 6.07) is 9.94. The normalized spacial score (nSPS) is 28.4. The first-order valence-electron chi connectivity index (χ1n) is 8.14. The van der Waals surface area contributed by atoms with E-state index in [1.165, 1.54) is 0 Å². The lowest BCUT2D eigenvalue weighted by Gasteiger charge is -2.28. The number of benzene rings is 1. The van der Waals surface area contributed by atoms with Gasteiger partial charge in [0.05, 0.1) is 12.1 Å². The first-order chi connectivity index (χ1) is 11.0. The van der Waals surface area contributed by atoms with Crippen LogP contribution in [0.25, 0.3) is 5.57 Å². The molecule has 3 rings (SSSR count). The van der Waals surface area contributed by atoms with Crippen LogP contribution in [0.3, 0.4) is 0 Å². The Kier molecular flexibility index (Phi) is 4.13. The highest BCUT2D eigenvalue weighted by atomic mass is 16.5. The smallest absolute Gasteiger partial charge is 0.323 e. The molecule has 0 saturated carbocycles. The van der Waals surface area contributed by atoms with Gasteiger partial charge in [0, 0.05) is 19.0 Å². The molecule has 3 atom stereocenters. The molecule has 23 heavy (non-hydrogen) atoms. The van der Waals surface area contributed by atoms with E-state index < -0.39 is 5.54 Å². The number of nitrogens with two attached hydrogens (primary N) is 1. The maximum absolute atomic E-state index is 12.0. The SMILES string of the molecule is C=C1C(c2ccccc2)=CC2CN(C(C)C(=O)OCC)CC12N. The van der Waals surface area contributed by atoms with Crippen LogP contribution in [0, 0.1) is 5.92 Å². The van der Waals surface area contributed by atoms with Crippen molar-refractivity contribution in [2.75, 3.05) is 19.7 Å². The van der Waals surface area contributed by atoms with Crippen LogP contribution in [-0.4, -0.2) is 42.1 Å². The Morgan fingerprint density at radius 3 is 2.78 bits per heavy atom. The first kappa shape index (κ1) is 16.0. The van der Waals surface area contributed by atoms with Gasteiger partial charge in [-0.15, -0.1) is 0 Å². The van der Waals surface area contributed by atoms with E-state index in [0.717, 1.165) is 23.3 Å². The molecule has 122 valence electrons. The van der Waals surface area contributed by atoms with Crippen molar-refractivity contribution in [1.29, 1.82) is 0 Å². The second-order valence-electron chi connectivity index (χ2n) is 6.43.